The molecule has 0 saturated heterocycles. The van der Waals surface area contributed by atoms with Crippen molar-refractivity contribution < 1.29 is 9.53 Å². The number of rotatable bonds is 5. The zero-order valence-electron chi connectivity index (χ0n) is 14.6. The van der Waals surface area contributed by atoms with E-state index in [0.717, 1.165) is 24.3 Å². The molecule has 24 heavy (non-hydrogen) atoms. The van der Waals surface area contributed by atoms with Crippen LogP contribution in [0.1, 0.15) is 47.3 Å². The molecule has 1 fully saturated rings. The quantitative estimate of drug-likeness (QED) is 0.918. The minimum Gasteiger partial charge on any atom is -0.496 e. The minimum atomic E-state index is -0.0539. The fourth-order valence-corrected chi connectivity index (χ4v) is 3.74. The average Bonchev–Trinajstić information content (AvgIpc) is 3.21. The van der Waals surface area contributed by atoms with Gasteiger partial charge in [-0.15, -0.1) is 0 Å². The molecule has 1 aliphatic carbocycles. The fourth-order valence-electron chi connectivity index (χ4n) is 3.74. The Bertz CT molecular complexity index is 730. The van der Waals surface area contributed by atoms with Gasteiger partial charge < -0.3 is 10.1 Å². The zero-order chi connectivity index (χ0) is 17.2. The lowest BCUT2D eigenvalue weighted by atomic mass is 9.78. The molecular formula is C19H25N3O2. The third kappa shape index (κ3) is 2.90. The number of para-hydroxylation sites is 1. The number of methoxy groups -OCH3 is 1. The summed E-state index contributed by atoms with van der Waals surface area (Å²) in [5, 5.41) is 7.29. The zero-order valence-corrected chi connectivity index (χ0v) is 14.6. The number of nitrogens with one attached hydrogen (secondary N) is 1. The molecule has 1 aliphatic rings. The third-order valence-electron chi connectivity index (χ3n) is 5.31. The van der Waals surface area contributed by atoms with Crippen molar-refractivity contribution in [2.24, 2.45) is 7.05 Å². The smallest absolute Gasteiger partial charge is 0.254 e. The van der Waals surface area contributed by atoms with Gasteiger partial charge in [0.25, 0.3) is 5.91 Å². The van der Waals surface area contributed by atoms with Gasteiger partial charge in [-0.2, -0.15) is 5.10 Å². The van der Waals surface area contributed by atoms with Gasteiger partial charge in [-0.25, -0.2) is 0 Å². The van der Waals surface area contributed by atoms with Crippen LogP contribution in [0, 0.1) is 6.92 Å². The molecule has 1 amide bonds. The van der Waals surface area contributed by atoms with Gasteiger partial charge in [-0.1, -0.05) is 31.0 Å². The number of carbonyl (C=O) groups excluding carboxylic acids is 1. The summed E-state index contributed by atoms with van der Waals surface area (Å²) in [6.07, 6.45) is 6.13. The highest BCUT2D eigenvalue weighted by Gasteiger charge is 2.38. The van der Waals surface area contributed by atoms with Crippen LogP contribution in [0.3, 0.4) is 0 Å². The molecule has 3 rings (SSSR count). The molecule has 5 nitrogen and oxygen atoms in total. The lowest BCUT2D eigenvalue weighted by molar-refractivity contribution is 0.0942. The number of aromatic nitrogens is 2. The standard InChI is InChI=1S/C19H25N3O2/c1-14-15(12-21-22(14)2)18(23)20-13-19(10-6-7-11-19)16-8-4-5-9-17(16)24-3/h4-5,8-9,12H,6-7,10-11,13H2,1-3H3,(H,20,23). The van der Waals surface area contributed by atoms with Crippen molar-refractivity contribution in [2.45, 2.75) is 38.0 Å². The fraction of sp³-hybridized carbons (Fsp3) is 0.474. The summed E-state index contributed by atoms with van der Waals surface area (Å²) in [6, 6.07) is 8.17. The Morgan fingerprint density at radius 1 is 1.33 bits per heavy atom. The highest BCUT2D eigenvalue weighted by Crippen LogP contribution is 2.44. The van der Waals surface area contributed by atoms with Gasteiger partial charge in [-0.3, -0.25) is 9.48 Å². The lowest BCUT2D eigenvalue weighted by Gasteiger charge is -2.31. The Balaban J connectivity index is 1.82. The number of benzene rings is 1. The molecule has 128 valence electrons. The maximum Gasteiger partial charge on any atom is 0.254 e. The molecule has 5 heteroatoms. The number of hydrogen-bond acceptors (Lipinski definition) is 3. The first kappa shape index (κ1) is 16.6. The first-order valence-electron chi connectivity index (χ1n) is 8.48. The molecule has 0 atom stereocenters. The van der Waals surface area contributed by atoms with E-state index in [4.69, 9.17) is 4.74 Å². The molecule has 0 unspecified atom stereocenters. The summed E-state index contributed by atoms with van der Waals surface area (Å²) in [6.45, 7) is 2.54. The number of nitrogens with zero attached hydrogens (tertiary/aromatic N) is 2. The van der Waals surface area contributed by atoms with E-state index < -0.39 is 0 Å². The predicted octanol–water partition coefficient (Wildman–Crippen LogP) is 2.98. The second kappa shape index (κ2) is 6.67. The molecular weight excluding hydrogens is 302 g/mol. The normalized spacial score (nSPS) is 16.1. The second-order valence-electron chi connectivity index (χ2n) is 6.64. The highest BCUT2D eigenvalue weighted by molar-refractivity contribution is 5.95. The van der Waals surface area contributed by atoms with Crippen LogP contribution < -0.4 is 10.1 Å². The predicted molar refractivity (Wildman–Crippen MR) is 93.4 cm³/mol. The van der Waals surface area contributed by atoms with Gasteiger partial charge in [0.1, 0.15) is 5.75 Å². The van der Waals surface area contributed by atoms with Crippen LogP contribution in [0.5, 0.6) is 5.75 Å². The minimum absolute atomic E-state index is 0.0433. The largest absolute Gasteiger partial charge is 0.496 e. The van der Waals surface area contributed by atoms with Crippen LogP contribution in [-0.2, 0) is 12.5 Å². The highest BCUT2D eigenvalue weighted by atomic mass is 16.5. The van der Waals surface area contributed by atoms with Crippen LogP contribution in [0.2, 0.25) is 0 Å². The molecule has 1 aromatic heterocycles. The lowest BCUT2D eigenvalue weighted by Crippen LogP contribution is -2.39. The number of hydrogen-bond donors (Lipinski definition) is 1. The summed E-state index contributed by atoms with van der Waals surface area (Å²) >= 11 is 0. The second-order valence-corrected chi connectivity index (χ2v) is 6.64. The van der Waals surface area contributed by atoms with Crippen molar-refractivity contribution in [1.29, 1.82) is 0 Å². The molecule has 2 aromatic rings. The number of ether oxygens (including phenoxy) is 1. The summed E-state index contributed by atoms with van der Waals surface area (Å²) < 4.78 is 7.29. The van der Waals surface area contributed by atoms with Crippen molar-refractivity contribution in [3.63, 3.8) is 0 Å². The van der Waals surface area contributed by atoms with Crippen LogP contribution >= 0.6 is 0 Å². The van der Waals surface area contributed by atoms with Gasteiger partial charge >= 0.3 is 0 Å². The molecule has 1 N–H and O–H groups in total. The molecule has 0 aliphatic heterocycles. The maximum absolute atomic E-state index is 12.6. The van der Waals surface area contributed by atoms with E-state index in [-0.39, 0.29) is 11.3 Å². The Morgan fingerprint density at radius 2 is 2.04 bits per heavy atom. The average molecular weight is 327 g/mol. The third-order valence-corrected chi connectivity index (χ3v) is 5.31. The Labute approximate surface area is 143 Å². The molecule has 1 aromatic carbocycles. The van der Waals surface area contributed by atoms with E-state index in [0.29, 0.717) is 12.1 Å². The van der Waals surface area contributed by atoms with E-state index in [9.17, 15) is 4.79 Å². The summed E-state index contributed by atoms with van der Waals surface area (Å²) in [4.78, 5) is 12.6. The molecule has 1 saturated carbocycles. The monoisotopic (exact) mass is 327 g/mol. The van der Waals surface area contributed by atoms with Crippen molar-refractivity contribution in [1.82, 2.24) is 15.1 Å². The van der Waals surface area contributed by atoms with Crippen molar-refractivity contribution in [2.75, 3.05) is 13.7 Å². The van der Waals surface area contributed by atoms with E-state index >= 15 is 0 Å². The summed E-state index contributed by atoms with van der Waals surface area (Å²) in [7, 11) is 3.55. The van der Waals surface area contributed by atoms with Gasteiger partial charge in [0, 0.05) is 30.3 Å². The number of amides is 1. The van der Waals surface area contributed by atoms with Crippen molar-refractivity contribution in [3.8, 4) is 5.75 Å². The van der Waals surface area contributed by atoms with Gasteiger partial charge in [0.2, 0.25) is 0 Å². The molecule has 0 radical (unpaired) electrons. The molecule has 0 bridgehead atoms. The van der Waals surface area contributed by atoms with Crippen LogP contribution in [0.4, 0.5) is 0 Å². The van der Waals surface area contributed by atoms with E-state index in [1.54, 1.807) is 18.0 Å². The van der Waals surface area contributed by atoms with Crippen molar-refractivity contribution >= 4 is 5.91 Å². The van der Waals surface area contributed by atoms with Gasteiger partial charge in [0.15, 0.2) is 0 Å². The summed E-state index contributed by atoms with van der Waals surface area (Å²) in [5.74, 6) is 0.855. The number of aryl methyl sites for hydroxylation is 1. The van der Waals surface area contributed by atoms with E-state index in [1.165, 1.54) is 18.4 Å². The molecule has 0 spiro atoms. The first-order valence-corrected chi connectivity index (χ1v) is 8.48. The van der Waals surface area contributed by atoms with Crippen LogP contribution in [0.15, 0.2) is 30.5 Å². The Morgan fingerprint density at radius 3 is 2.67 bits per heavy atom. The van der Waals surface area contributed by atoms with Crippen LogP contribution in [-0.4, -0.2) is 29.3 Å². The van der Waals surface area contributed by atoms with E-state index in [1.807, 2.05) is 32.2 Å². The first-order chi connectivity index (χ1) is 11.6. The Kier molecular flexibility index (Phi) is 4.60. The van der Waals surface area contributed by atoms with Gasteiger partial charge in [-0.05, 0) is 25.8 Å². The van der Waals surface area contributed by atoms with E-state index in [2.05, 4.69) is 16.5 Å². The Hall–Kier alpha value is -2.30. The maximum atomic E-state index is 12.6. The van der Waals surface area contributed by atoms with Gasteiger partial charge in [0.05, 0.1) is 18.9 Å². The SMILES string of the molecule is COc1ccccc1C1(CNC(=O)c2cnn(C)c2C)CCCC1. The number of carbonyl (C=O) groups is 1. The van der Waals surface area contributed by atoms with Crippen LogP contribution in [0.25, 0.3) is 0 Å². The van der Waals surface area contributed by atoms with Crippen molar-refractivity contribution in [3.05, 3.63) is 47.3 Å². The summed E-state index contributed by atoms with van der Waals surface area (Å²) in [5.41, 5.74) is 2.68. The molecule has 1 heterocycles. The topological polar surface area (TPSA) is 56.1 Å².